The van der Waals surface area contributed by atoms with Gasteiger partial charge in [0.05, 0.1) is 20.1 Å². The molecule has 13 heavy (non-hydrogen) atoms. The quantitative estimate of drug-likeness (QED) is 0.603. The van der Waals surface area contributed by atoms with Crippen LogP contribution in [0.5, 0.6) is 0 Å². The van der Waals surface area contributed by atoms with Crippen molar-refractivity contribution < 1.29 is 10.6 Å². The van der Waals surface area contributed by atoms with Gasteiger partial charge in [0.2, 0.25) is 0 Å². The Labute approximate surface area is 80.4 Å². The lowest BCUT2D eigenvalue weighted by Gasteiger charge is -2.12. The van der Waals surface area contributed by atoms with Crippen molar-refractivity contribution in [2.24, 2.45) is 0 Å². The van der Waals surface area contributed by atoms with Gasteiger partial charge in [-0.1, -0.05) is 30.3 Å². The van der Waals surface area contributed by atoms with Crippen molar-refractivity contribution in [3.8, 4) is 0 Å². The SMILES string of the molecule is C[NH+](CCC[NH3+])Cc1ccccc1. The molecule has 2 nitrogen and oxygen atoms in total. The number of quaternary nitrogens is 2. The number of nitrogens with one attached hydrogen (secondary N) is 1. The molecule has 0 aliphatic rings. The average Bonchev–Trinajstić information content (AvgIpc) is 2.16. The molecule has 0 amide bonds. The summed E-state index contributed by atoms with van der Waals surface area (Å²) in [5, 5.41) is 0. The molecule has 0 saturated carbocycles. The van der Waals surface area contributed by atoms with Crippen molar-refractivity contribution >= 4 is 0 Å². The predicted molar refractivity (Wildman–Crippen MR) is 54.3 cm³/mol. The first-order chi connectivity index (χ1) is 6.33. The van der Waals surface area contributed by atoms with Crippen LogP contribution in [-0.2, 0) is 6.54 Å². The highest BCUT2D eigenvalue weighted by Crippen LogP contribution is 1.94. The zero-order valence-electron chi connectivity index (χ0n) is 8.42. The predicted octanol–water partition coefficient (Wildman–Crippen LogP) is -0.667. The highest BCUT2D eigenvalue weighted by Gasteiger charge is 2.01. The molecule has 0 fully saturated rings. The summed E-state index contributed by atoms with van der Waals surface area (Å²) in [5.74, 6) is 0. The second-order valence-electron chi connectivity index (χ2n) is 3.58. The minimum Gasteiger partial charge on any atom is -0.357 e. The fraction of sp³-hybridized carbons (Fsp3) is 0.455. The Morgan fingerprint density at radius 3 is 2.54 bits per heavy atom. The number of hydrogen-bond donors (Lipinski definition) is 2. The first-order valence-corrected chi connectivity index (χ1v) is 4.97. The second kappa shape index (κ2) is 5.73. The van der Waals surface area contributed by atoms with Crippen LogP contribution in [0, 0.1) is 0 Å². The van der Waals surface area contributed by atoms with E-state index in [0.29, 0.717) is 0 Å². The van der Waals surface area contributed by atoms with Crippen LogP contribution in [0.4, 0.5) is 0 Å². The van der Waals surface area contributed by atoms with E-state index < -0.39 is 0 Å². The first-order valence-electron chi connectivity index (χ1n) is 4.97. The van der Waals surface area contributed by atoms with Gasteiger partial charge in [-0.2, -0.15) is 0 Å². The lowest BCUT2D eigenvalue weighted by Crippen LogP contribution is -3.07. The number of hydrogen-bond acceptors (Lipinski definition) is 0. The van der Waals surface area contributed by atoms with Crippen LogP contribution < -0.4 is 10.6 Å². The summed E-state index contributed by atoms with van der Waals surface area (Å²) in [6.45, 7) is 3.39. The molecule has 0 spiro atoms. The van der Waals surface area contributed by atoms with Crippen molar-refractivity contribution in [1.82, 2.24) is 0 Å². The second-order valence-corrected chi connectivity index (χ2v) is 3.58. The van der Waals surface area contributed by atoms with E-state index in [1.807, 2.05) is 0 Å². The zero-order valence-corrected chi connectivity index (χ0v) is 8.42. The molecule has 4 N–H and O–H groups in total. The largest absolute Gasteiger partial charge is 0.357 e. The third-order valence-corrected chi connectivity index (χ3v) is 2.20. The van der Waals surface area contributed by atoms with Crippen LogP contribution in [0.25, 0.3) is 0 Å². The molecule has 0 radical (unpaired) electrons. The van der Waals surface area contributed by atoms with E-state index in [9.17, 15) is 0 Å². The lowest BCUT2D eigenvalue weighted by molar-refractivity contribution is -0.894. The fourth-order valence-electron chi connectivity index (χ4n) is 1.46. The van der Waals surface area contributed by atoms with E-state index >= 15 is 0 Å². The van der Waals surface area contributed by atoms with Crippen LogP contribution >= 0.6 is 0 Å². The summed E-state index contributed by atoms with van der Waals surface area (Å²) in [6.07, 6.45) is 1.22. The van der Waals surface area contributed by atoms with E-state index in [2.05, 4.69) is 43.1 Å². The van der Waals surface area contributed by atoms with Crippen molar-refractivity contribution in [3.05, 3.63) is 35.9 Å². The van der Waals surface area contributed by atoms with E-state index in [1.54, 1.807) is 4.90 Å². The van der Waals surface area contributed by atoms with Gasteiger partial charge in [-0.05, 0) is 0 Å². The molecule has 1 aromatic rings. The summed E-state index contributed by atoms with van der Waals surface area (Å²) in [6, 6.07) is 10.6. The smallest absolute Gasteiger partial charge is 0.103 e. The molecular formula is C11H20N2+2. The van der Waals surface area contributed by atoms with Gasteiger partial charge >= 0.3 is 0 Å². The first kappa shape index (κ1) is 10.2. The third kappa shape index (κ3) is 4.06. The van der Waals surface area contributed by atoms with Crippen LogP contribution in [0.1, 0.15) is 12.0 Å². The van der Waals surface area contributed by atoms with E-state index in [1.165, 1.54) is 18.5 Å². The van der Waals surface area contributed by atoms with Gasteiger partial charge < -0.3 is 10.6 Å². The van der Waals surface area contributed by atoms with Crippen molar-refractivity contribution in [2.45, 2.75) is 13.0 Å². The van der Waals surface area contributed by atoms with Crippen LogP contribution in [0.2, 0.25) is 0 Å². The summed E-state index contributed by atoms with van der Waals surface area (Å²) in [7, 11) is 2.24. The van der Waals surface area contributed by atoms with E-state index in [0.717, 1.165) is 13.1 Å². The Bertz CT molecular complexity index is 221. The molecule has 2 heteroatoms. The maximum atomic E-state index is 3.85. The maximum Gasteiger partial charge on any atom is 0.103 e. The van der Waals surface area contributed by atoms with Crippen LogP contribution in [0.15, 0.2) is 30.3 Å². The van der Waals surface area contributed by atoms with Gasteiger partial charge in [0.1, 0.15) is 6.54 Å². The summed E-state index contributed by atoms with van der Waals surface area (Å²) >= 11 is 0. The average molecular weight is 180 g/mol. The Balaban J connectivity index is 2.32. The molecule has 0 aromatic heterocycles. The van der Waals surface area contributed by atoms with Gasteiger partial charge in [-0.15, -0.1) is 0 Å². The maximum absolute atomic E-state index is 3.85. The fourth-order valence-corrected chi connectivity index (χ4v) is 1.46. The molecule has 0 bridgehead atoms. The zero-order chi connectivity index (χ0) is 9.52. The molecule has 1 aromatic carbocycles. The van der Waals surface area contributed by atoms with Gasteiger partial charge in [0, 0.05) is 12.0 Å². The standard InChI is InChI=1S/C11H18N2/c1-13(9-5-8-12)10-11-6-3-2-4-7-11/h2-4,6-7H,5,8-10,12H2,1H3/p+2. The van der Waals surface area contributed by atoms with Gasteiger partial charge in [0.15, 0.2) is 0 Å². The summed E-state index contributed by atoms with van der Waals surface area (Å²) in [4.78, 5) is 1.56. The molecular weight excluding hydrogens is 160 g/mol. The monoisotopic (exact) mass is 180 g/mol. The van der Waals surface area contributed by atoms with Crippen molar-refractivity contribution in [2.75, 3.05) is 20.1 Å². The van der Waals surface area contributed by atoms with E-state index in [-0.39, 0.29) is 0 Å². The molecule has 1 rings (SSSR count). The molecule has 0 heterocycles. The minimum atomic E-state index is 1.05. The van der Waals surface area contributed by atoms with Gasteiger partial charge in [0.25, 0.3) is 0 Å². The Kier molecular flexibility index (Phi) is 4.50. The van der Waals surface area contributed by atoms with Crippen molar-refractivity contribution in [1.29, 1.82) is 0 Å². The topological polar surface area (TPSA) is 32.1 Å². The highest BCUT2D eigenvalue weighted by atomic mass is 15.1. The highest BCUT2D eigenvalue weighted by molar-refractivity contribution is 5.13. The van der Waals surface area contributed by atoms with Crippen LogP contribution in [-0.4, -0.2) is 20.1 Å². The molecule has 72 valence electrons. The molecule has 0 aliphatic carbocycles. The van der Waals surface area contributed by atoms with Gasteiger partial charge in [-0.3, -0.25) is 0 Å². The molecule has 0 aliphatic heterocycles. The Hall–Kier alpha value is -0.860. The summed E-state index contributed by atoms with van der Waals surface area (Å²) < 4.78 is 0. The number of benzene rings is 1. The van der Waals surface area contributed by atoms with Crippen molar-refractivity contribution in [3.63, 3.8) is 0 Å². The summed E-state index contributed by atoms with van der Waals surface area (Å²) in [5.41, 5.74) is 5.27. The van der Waals surface area contributed by atoms with Crippen LogP contribution in [0.3, 0.4) is 0 Å². The molecule has 0 saturated heterocycles. The Morgan fingerprint density at radius 2 is 1.92 bits per heavy atom. The number of rotatable bonds is 5. The molecule has 1 unspecified atom stereocenters. The molecule has 1 atom stereocenters. The van der Waals surface area contributed by atoms with Gasteiger partial charge in [-0.25, -0.2) is 0 Å². The lowest BCUT2D eigenvalue weighted by atomic mass is 10.2. The van der Waals surface area contributed by atoms with E-state index in [4.69, 9.17) is 0 Å². The third-order valence-electron chi connectivity index (χ3n) is 2.20. The Morgan fingerprint density at radius 1 is 1.23 bits per heavy atom. The normalized spacial score (nSPS) is 12.8. The minimum absolute atomic E-state index is 1.05.